The molecule has 0 aliphatic carbocycles. The number of hydrogen-bond acceptors (Lipinski definition) is 2. The first-order valence-corrected chi connectivity index (χ1v) is 4.14. The van der Waals surface area contributed by atoms with Gasteiger partial charge in [0.1, 0.15) is 5.82 Å². The Balaban J connectivity index is 0.000000980. The number of benzene rings is 1. The predicted molar refractivity (Wildman–Crippen MR) is 67.2 cm³/mol. The minimum Gasteiger partial charge on any atom is -0.397 e. The fourth-order valence-corrected chi connectivity index (χ4v) is 1.34. The summed E-state index contributed by atoms with van der Waals surface area (Å²) in [6.07, 6.45) is 3.67. The summed E-state index contributed by atoms with van der Waals surface area (Å²) in [7, 11) is 0. The third kappa shape index (κ3) is 2.64. The molecule has 0 radical (unpaired) electrons. The number of imidazole rings is 1. The first kappa shape index (κ1) is 13.8. The molecule has 82 valence electrons. The van der Waals surface area contributed by atoms with Crippen molar-refractivity contribution in [1.29, 1.82) is 0 Å². The lowest BCUT2D eigenvalue weighted by molar-refractivity contribution is 0.977. The molecule has 0 bridgehead atoms. The van der Waals surface area contributed by atoms with Gasteiger partial charge in [-0.2, -0.15) is 0 Å². The fourth-order valence-electron chi connectivity index (χ4n) is 1.34. The van der Waals surface area contributed by atoms with Crippen LogP contribution in [-0.2, 0) is 0 Å². The van der Waals surface area contributed by atoms with Gasteiger partial charge in [0, 0.05) is 12.4 Å². The summed E-state index contributed by atoms with van der Waals surface area (Å²) < 4.78 is 1.97. The minimum absolute atomic E-state index is 0. The van der Waals surface area contributed by atoms with E-state index in [0.29, 0.717) is 0 Å². The van der Waals surface area contributed by atoms with Gasteiger partial charge in [0.25, 0.3) is 0 Å². The smallest absolute Gasteiger partial charge is 0.110 e. The maximum absolute atomic E-state index is 5.83. The number of anilines is 1. The van der Waals surface area contributed by atoms with Crippen molar-refractivity contribution in [2.24, 2.45) is 0 Å². The zero-order valence-corrected chi connectivity index (χ0v) is 9.89. The Morgan fingerprint density at radius 1 is 1.20 bits per heavy atom. The van der Waals surface area contributed by atoms with E-state index in [1.807, 2.05) is 42.0 Å². The molecule has 0 saturated heterocycles. The average molecular weight is 246 g/mol. The van der Waals surface area contributed by atoms with Crippen LogP contribution in [0.1, 0.15) is 5.82 Å². The standard InChI is InChI=1S/C10H11N3.2ClH/c1-8-12-6-7-13(8)10-5-3-2-4-9(10)11;;/h2-7H,11H2,1H3;2*1H. The second-order valence-corrected chi connectivity index (χ2v) is 2.90. The summed E-state index contributed by atoms with van der Waals surface area (Å²) in [5.74, 6) is 0.943. The molecule has 15 heavy (non-hydrogen) atoms. The highest BCUT2D eigenvalue weighted by Gasteiger charge is 2.02. The number of hydrogen-bond donors (Lipinski definition) is 1. The first-order valence-electron chi connectivity index (χ1n) is 4.14. The van der Waals surface area contributed by atoms with E-state index in [4.69, 9.17) is 5.73 Å². The number of halogens is 2. The number of nitrogen functional groups attached to an aromatic ring is 1. The molecule has 0 atom stereocenters. The Morgan fingerprint density at radius 3 is 2.40 bits per heavy atom. The molecule has 2 N–H and O–H groups in total. The number of aromatic nitrogens is 2. The van der Waals surface area contributed by atoms with Crippen molar-refractivity contribution in [3.8, 4) is 5.69 Å². The lowest BCUT2D eigenvalue weighted by Crippen LogP contribution is -1.99. The molecule has 0 aliphatic rings. The Hall–Kier alpha value is -1.19. The number of nitrogens with zero attached hydrogens (tertiary/aromatic N) is 2. The van der Waals surface area contributed by atoms with Crippen molar-refractivity contribution in [2.45, 2.75) is 6.92 Å². The molecule has 1 heterocycles. The highest BCUT2D eigenvalue weighted by atomic mass is 35.5. The second-order valence-electron chi connectivity index (χ2n) is 2.90. The fraction of sp³-hybridized carbons (Fsp3) is 0.100. The maximum Gasteiger partial charge on any atom is 0.110 e. The molecule has 0 aliphatic heterocycles. The normalized spacial score (nSPS) is 8.87. The molecular weight excluding hydrogens is 233 g/mol. The third-order valence-corrected chi connectivity index (χ3v) is 2.02. The molecule has 1 aromatic heterocycles. The average Bonchev–Trinajstić information content (AvgIpc) is 2.52. The maximum atomic E-state index is 5.83. The molecule has 5 heteroatoms. The van der Waals surface area contributed by atoms with E-state index in [0.717, 1.165) is 17.2 Å². The molecule has 0 saturated carbocycles. The van der Waals surface area contributed by atoms with Crippen LogP contribution in [0.25, 0.3) is 5.69 Å². The molecule has 1 aromatic carbocycles. The summed E-state index contributed by atoms with van der Waals surface area (Å²) in [4.78, 5) is 4.14. The molecular formula is C10H13Cl2N3. The Kier molecular flexibility index (Phi) is 5.19. The zero-order chi connectivity index (χ0) is 9.26. The molecule has 0 amide bonds. The van der Waals surface area contributed by atoms with Crippen LogP contribution in [0.2, 0.25) is 0 Å². The van der Waals surface area contributed by atoms with Crippen LogP contribution in [0.15, 0.2) is 36.7 Å². The monoisotopic (exact) mass is 245 g/mol. The lowest BCUT2D eigenvalue weighted by atomic mass is 10.2. The summed E-state index contributed by atoms with van der Waals surface area (Å²) in [5, 5.41) is 0. The van der Waals surface area contributed by atoms with Crippen molar-refractivity contribution < 1.29 is 0 Å². The van der Waals surface area contributed by atoms with E-state index in [2.05, 4.69) is 4.98 Å². The van der Waals surface area contributed by atoms with Gasteiger partial charge in [-0.15, -0.1) is 24.8 Å². The van der Waals surface area contributed by atoms with Crippen molar-refractivity contribution >= 4 is 30.5 Å². The van der Waals surface area contributed by atoms with Gasteiger partial charge < -0.3 is 10.3 Å². The van der Waals surface area contributed by atoms with Gasteiger partial charge in [-0.3, -0.25) is 0 Å². The van der Waals surface area contributed by atoms with Crippen LogP contribution in [0.5, 0.6) is 0 Å². The number of para-hydroxylation sites is 2. The van der Waals surface area contributed by atoms with E-state index in [1.54, 1.807) is 6.20 Å². The van der Waals surface area contributed by atoms with Crippen LogP contribution >= 0.6 is 24.8 Å². The van der Waals surface area contributed by atoms with Gasteiger partial charge >= 0.3 is 0 Å². The number of aryl methyl sites for hydroxylation is 1. The molecule has 2 aromatic rings. The quantitative estimate of drug-likeness (QED) is 0.786. The van der Waals surface area contributed by atoms with Crippen molar-refractivity contribution in [1.82, 2.24) is 9.55 Å². The second kappa shape index (κ2) is 5.63. The minimum atomic E-state index is 0. The van der Waals surface area contributed by atoms with Gasteiger partial charge in [-0.05, 0) is 19.1 Å². The summed E-state index contributed by atoms with van der Waals surface area (Å²) in [6.45, 7) is 1.95. The van der Waals surface area contributed by atoms with Gasteiger partial charge in [0.05, 0.1) is 11.4 Å². The van der Waals surface area contributed by atoms with E-state index in [1.165, 1.54) is 0 Å². The lowest BCUT2D eigenvalue weighted by Gasteiger charge is -2.07. The van der Waals surface area contributed by atoms with E-state index in [-0.39, 0.29) is 24.8 Å². The summed E-state index contributed by atoms with van der Waals surface area (Å²) in [6, 6.07) is 7.75. The first-order chi connectivity index (χ1) is 6.29. The Bertz CT molecular complexity index is 426. The molecule has 2 rings (SSSR count). The van der Waals surface area contributed by atoms with Crippen LogP contribution in [0, 0.1) is 6.92 Å². The van der Waals surface area contributed by atoms with E-state index >= 15 is 0 Å². The van der Waals surface area contributed by atoms with Gasteiger partial charge in [-0.1, -0.05) is 12.1 Å². The molecule has 3 nitrogen and oxygen atoms in total. The highest BCUT2D eigenvalue weighted by molar-refractivity contribution is 5.85. The Labute approximate surface area is 101 Å². The molecule has 0 unspecified atom stereocenters. The third-order valence-electron chi connectivity index (χ3n) is 2.02. The van der Waals surface area contributed by atoms with Crippen molar-refractivity contribution in [3.05, 3.63) is 42.5 Å². The topological polar surface area (TPSA) is 43.8 Å². The summed E-state index contributed by atoms with van der Waals surface area (Å²) >= 11 is 0. The van der Waals surface area contributed by atoms with Crippen LogP contribution in [-0.4, -0.2) is 9.55 Å². The van der Waals surface area contributed by atoms with Crippen molar-refractivity contribution in [2.75, 3.05) is 5.73 Å². The Morgan fingerprint density at radius 2 is 1.87 bits per heavy atom. The van der Waals surface area contributed by atoms with Crippen LogP contribution in [0.3, 0.4) is 0 Å². The zero-order valence-electron chi connectivity index (χ0n) is 8.25. The number of rotatable bonds is 1. The summed E-state index contributed by atoms with van der Waals surface area (Å²) in [5.41, 5.74) is 7.58. The van der Waals surface area contributed by atoms with Gasteiger partial charge in [0.2, 0.25) is 0 Å². The van der Waals surface area contributed by atoms with Crippen LogP contribution < -0.4 is 5.73 Å². The SMILES string of the molecule is Cc1nccn1-c1ccccc1N.Cl.Cl. The molecule has 0 fully saturated rings. The molecule has 0 spiro atoms. The van der Waals surface area contributed by atoms with Gasteiger partial charge in [-0.25, -0.2) is 4.98 Å². The predicted octanol–water partition coefficient (Wildman–Crippen LogP) is 2.61. The van der Waals surface area contributed by atoms with E-state index < -0.39 is 0 Å². The largest absolute Gasteiger partial charge is 0.397 e. The number of nitrogens with two attached hydrogens (primary N) is 1. The van der Waals surface area contributed by atoms with Crippen LogP contribution in [0.4, 0.5) is 5.69 Å². The highest BCUT2D eigenvalue weighted by Crippen LogP contribution is 2.17. The van der Waals surface area contributed by atoms with E-state index in [9.17, 15) is 0 Å². The van der Waals surface area contributed by atoms with Gasteiger partial charge in [0.15, 0.2) is 0 Å². The van der Waals surface area contributed by atoms with Crippen molar-refractivity contribution in [3.63, 3.8) is 0 Å².